The molecular weight excluding hydrogens is 226 g/mol. The van der Waals surface area contributed by atoms with Gasteiger partial charge in [-0.3, -0.25) is 5.10 Å². The molecule has 18 heavy (non-hydrogen) atoms. The second-order valence-corrected chi connectivity index (χ2v) is 5.00. The number of anilines is 1. The molecule has 0 atom stereocenters. The van der Waals surface area contributed by atoms with Crippen LogP contribution in [-0.4, -0.2) is 23.9 Å². The van der Waals surface area contributed by atoms with Crippen molar-refractivity contribution in [3.8, 4) is 11.3 Å². The zero-order chi connectivity index (χ0) is 12.6. The summed E-state index contributed by atoms with van der Waals surface area (Å²) in [6.07, 6.45) is 2.44. The summed E-state index contributed by atoms with van der Waals surface area (Å²) < 4.78 is 5.31. The first-order chi connectivity index (χ1) is 8.73. The SMILES string of the molecule is COCC1(c2ccc(-c3cc(N)n[nH]3)cc2)CC1. The van der Waals surface area contributed by atoms with Crippen LogP contribution in [0.4, 0.5) is 5.82 Å². The molecule has 0 amide bonds. The topological polar surface area (TPSA) is 63.9 Å². The number of hydrogen-bond acceptors (Lipinski definition) is 3. The van der Waals surface area contributed by atoms with Crippen molar-refractivity contribution in [1.82, 2.24) is 10.2 Å². The molecule has 4 nitrogen and oxygen atoms in total. The van der Waals surface area contributed by atoms with E-state index in [-0.39, 0.29) is 5.41 Å². The van der Waals surface area contributed by atoms with Crippen molar-refractivity contribution < 1.29 is 4.74 Å². The molecule has 0 saturated heterocycles. The van der Waals surface area contributed by atoms with Gasteiger partial charge in [-0.1, -0.05) is 24.3 Å². The highest BCUT2D eigenvalue weighted by Crippen LogP contribution is 2.48. The fraction of sp³-hybridized carbons (Fsp3) is 0.357. The van der Waals surface area contributed by atoms with E-state index in [1.807, 2.05) is 6.07 Å². The molecule has 1 aromatic carbocycles. The van der Waals surface area contributed by atoms with E-state index < -0.39 is 0 Å². The zero-order valence-corrected chi connectivity index (χ0v) is 10.4. The van der Waals surface area contributed by atoms with Gasteiger partial charge in [-0.05, 0) is 24.0 Å². The molecule has 1 fully saturated rings. The maximum Gasteiger partial charge on any atom is 0.145 e. The Hall–Kier alpha value is -1.81. The summed E-state index contributed by atoms with van der Waals surface area (Å²) in [6, 6.07) is 10.4. The van der Waals surface area contributed by atoms with E-state index in [4.69, 9.17) is 10.5 Å². The largest absolute Gasteiger partial charge is 0.384 e. The third-order valence-electron chi connectivity index (χ3n) is 3.68. The van der Waals surface area contributed by atoms with Gasteiger partial charge in [0.1, 0.15) is 5.82 Å². The second kappa shape index (κ2) is 4.14. The molecule has 3 N–H and O–H groups in total. The number of H-pyrrole nitrogens is 1. The van der Waals surface area contributed by atoms with Crippen molar-refractivity contribution in [1.29, 1.82) is 0 Å². The Bertz CT molecular complexity index is 540. The molecule has 1 aliphatic carbocycles. The lowest BCUT2D eigenvalue weighted by atomic mass is 9.95. The van der Waals surface area contributed by atoms with Crippen LogP contribution >= 0.6 is 0 Å². The molecule has 4 heteroatoms. The average molecular weight is 243 g/mol. The molecule has 0 bridgehead atoms. The summed E-state index contributed by atoms with van der Waals surface area (Å²) >= 11 is 0. The van der Waals surface area contributed by atoms with E-state index >= 15 is 0 Å². The summed E-state index contributed by atoms with van der Waals surface area (Å²) in [5.41, 5.74) is 9.29. The predicted molar refractivity (Wildman–Crippen MR) is 71.2 cm³/mol. The Morgan fingerprint density at radius 1 is 1.33 bits per heavy atom. The first-order valence-corrected chi connectivity index (χ1v) is 6.14. The highest BCUT2D eigenvalue weighted by molar-refractivity contribution is 5.62. The quantitative estimate of drug-likeness (QED) is 0.866. The van der Waals surface area contributed by atoms with E-state index in [1.165, 1.54) is 18.4 Å². The minimum absolute atomic E-state index is 0.264. The molecule has 1 aromatic heterocycles. The van der Waals surface area contributed by atoms with Crippen LogP contribution in [0.25, 0.3) is 11.3 Å². The van der Waals surface area contributed by atoms with Crippen LogP contribution in [0, 0.1) is 0 Å². The Balaban J connectivity index is 1.85. The zero-order valence-electron chi connectivity index (χ0n) is 10.4. The number of nitrogens with two attached hydrogens (primary N) is 1. The molecule has 1 saturated carbocycles. The molecule has 3 rings (SSSR count). The minimum atomic E-state index is 0.264. The van der Waals surface area contributed by atoms with Gasteiger partial charge in [0.15, 0.2) is 0 Å². The lowest BCUT2D eigenvalue weighted by Gasteiger charge is -2.14. The first kappa shape index (κ1) is 11.3. The summed E-state index contributed by atoms with van der Waals surface area (Å²) in [4.78, 5) is 0. The third-order valence-corrected chi connectivity index (χ3v) is 3.68. The van der Waals surface area contributed by atoms with Crippen LogP contribution in [-0.2, 0) is 10.2 Å². The van der Waals surface area contributed by atoms with Crippen LogP contribution in [0.2, 0.25) is 0 Å². The highest BCUT2D eigenvalue weighted by atomic mass is 16.5. The number of methoxy groups -OCH3 is 1. The Morgan fingerprint density at radius 2 is 2.06 bits per heavy atom. The molecule has 2 aromatic rings. The number of aromatic amines is 1. The predicted octanol–water partition coefficient (Wildman–Crippen LogP) is 2.34. The molecule has 1 aliphatic rings. The molecule has 0 unspecified atom stereocenters. The van der Waals surface area contributed by atoms with Crippen molar-refractivity contribution in [2.24, 2.45) is 0 Å². The molecule has 1 heterocycles. The van der Waals surface area contributed by atoms with E-state index in [9.17, 15) is 0 Å². The van der Waals surface area contributed by atoms with Crippen molar-refractivity contribution in [3.05, 3.63) is 35.9 Å². The number of aromatic nitrogens is 2. The number of nitrogens with zero attached hydrogens (tertiary/aromatic N) is 1. The van der Waals surface area contributed by atoms with Gasteiger partial charge in [0.25, 0.3) is 0 Å². The van der Waals surface area contributed by atoms with Gasteiger partial charge in [0.05, 0.1) is 12.3 Å². The lowest BCUT2D eigenvalue weighted by molar-refractivity contribution is 0.171. The molecular formula is C14H17N3O. The summed E-state index contributed by atoms with van der Waals surface area (Å²) in [7, 11) is 1.77. The van der Waals surface area contributed by atoms with Crippen LogP contribution in [0.15, 0.2) is 30.3 Å². The van der Waals surface area contributed by atoms with Crippen LogP contribution in [0.3, 0.4) is 0 Å². The third kappa shape index (κ3) is 1.88. The highest BCUT2D eigenvalue weighted by Gasteiger charge is 2.44. The molecule has 0 spiro atoms. The van der Waals surface area contributed by atoms with E-state index in [0.29, 0.717) is 5.82 Å². The minimum Gasteiger partial charge on any atom is -0.384 e. The van der Waals surface area contributed by atoms with Crippen molar-refractivity contribution in [3.63, 3.8) is 0 Å². The number of rotatable bonds is 4. The molecule has 0 radical (unpaired) electrons. The van der Waals surface area contributed by atoms with Crippen molar-refractivity contribution in [2.45, 2.75) is 18.3 Å². The summed E-state index contributed by atoms with van der Waals surface area (Å²) in [6.45, 7) is 0.809. The normalized spacial score (nSPS) is 16.7. The average Bonchev–Trinajstić information content (AvgIpc) is 3.04. The van der Waals surface area contributed by atoms with Crippen molar-refractivity contribution in [2.75, 3.05) is 19.5 Å². The van der Waals surface area contributed by atoms with E-state index in [1.54, 1.807) is 7.11 Å². The first-order valence-electron chi connectivity index (χ1n) is 6.14. The van der Waals surface area contributed by atoms with Crippen molar-refractivity contribution >= 4 is 5.82 Å². The Kier molecular flexibility index (Phi) is 2.59. The van der Waals surface area contributed by atoms with Gasteiger partial charge in [0.2, 0.25) is 0 Å². The summed E-state index contributed by atoms with van der Waals surface area (Å²) in [5.74, 6) is 0.520. The fourth-order valence-corrected chi connectivity index (χ4v) is 2.43. The molecule has 0 aliphatic heterocycles. The Morgan fingerprint density at radius 3 is 2.56 bits per heavy atom. The number of nitrogen functional groups attached to an aromatic ring is 1. The van der Waals surface area contributed by atoms with Crippen LogP contribution in [0.5, 0.6) is 0 Å². The van der Waals surface area contributed by atoms with Gasteiger partial charge in [0, 0.05) is 18.6 Å². The Labute approximate surface area is 106 Å². The number of ether oxygens (including phenoxy) is 1. The van der Waals surface area contributed by atoms with Crippen LogP contribution in [0.1, 0.15) is 18.4 Å². The summed E-state index contributed by atoms with van der Waals surface area (Å²) in [5, 5.41) is 6.86. The van der Waals surface area contributed by atoms with E-state index in [0.717, 1.165) is 17.9 Å². The van der Waals surface area contributed by atoms with Gasteiger partial charge >= 0.3 is 0 Å². The number of hydrogen-bond donors (Lipinski definition) is 2. The number of nitrogens with one attached hydrogen (secondary N) is 1. The maximum absolute atomic E-state index is 5.61. The lowest BCUT2D eigenvalue weighted by Crippen LogP contribution is -2.13. The van der Waals surface area contributed by atoms with Gasteiger partial charge in [-0.2, -0.15) is 5.10 Å². The second-order valence-electron chi connectivity index (χ2n) is 5.00. The van der Waals surface area contributed by atoms with E-state index in [2.05, 4.69) is 34.5 Å². The standard InChI is InChI=1S/C14H17N3O/c1-18-9-14(6-7-14)11-4-2-10(3-5-11)12-8-13(15)17-16-12/h2-5,8H,6-7,9H2,1H3,(H3,15,16,17). The van der Waals surface area contributed by atoms with Gasteiger partial charge < -0.3 is 10.5 Å². The smallest absolute Gasteiger partial charge is 0.145 e. The van der Waals surface area contributed by atoms with Gasteiger partial charge in [-0.15, -0.1) is 0 Å². The fourth-order valence-electron chi connectivity index (χ4n) is 2.43. The van der Waals surface area contributed by atoms with Gasteiger partial charge in [-0.25, -0.2) is 0 Å². The monoisotopic (exact) mass is 243 g/mol. The maximum atomic E-state index is 5.61. The van der Waals surface area contributed by atoms with Crippen LogP contribution < -0.4 is 5.73 Å². The number of benzene rings is 1. The molecule has 94 valence electrons.